The zero-order valence-corrected chi connectivity index (χ0v) is 21.3. The molecule has 1 aliphatic rings. The molecular weight excluding hydrogens is 504 g/mol. The zero-order valence-electron chi connectivity index (χ0n) is 19.7. The quantitative estimate of drug-likeness (QED) is 0.436. The molecule has 0 saturated carbocycles. The number of methoxy groups -OCH3 is 2. The van der Waals surface area contributed by atoms with E-state index in [1.54, 1.807) is 12.1 Å². The first-order chi connectivity index (χ1) is 17.2. The second-order valence-corrected chi connectivity index (χ2v) is 11.2. The molecule has 4 rings (SSSR count). The summed E-state index contributed by atoms with van der Waals surface area (Å²) in [6, 6.07) is 12.8. The van der Waals surface area contributed by atoms with Crippen molar-refractivity contribution in [2.75, 3.05) is 14.2 Å². The van der Waals surface area contributed by atoms with E-state index < -0.39 is 34.0 Å². The highest BCUT2D eigenvalue weighted by Gasteiger charge is 2.41. The number of carboxylic acids is 1. The van der Waals surface area contributed by atoms with Crippen molar-refractivity contribution in [1.82, 2.24) is 9.62 Å². The van der Waals surface area contributed by atoms with E-state index in [0.717, 1.165) is 20.3 Å². The molecule has 0 radical (unpaired) electrons. The summed E-state index contributed by atoms with van der Waals surface area (Å²) in [7, 11) is -1.32. The van der Waals surface area contributed by atoms with Crippen molar-refractivity contribution in [2.45, 2.75) is 36.4 Å². The van der Waals surface area contributed by atoms with Gasteiger partial charge in [-0.3, -0.25) is 4.79 Å². The molecule has 36 heavy (non-hydrogen) atoms. The van der Waals surface area contributed by atoms with E-state index in [2.05, 4.69) is 5.32 Å². The Balaban J connectivity index is 1.69. The summed E-state index contributed by atoms with van der Waals surface area (Å²) in [4.78, 5) is 26.1. The van der Waals surface area contributed by atoms with Crippen LogP contribution in [0, 0.1) is 0 Å². The second-order valence-electron chi connectivity index (χ2n) is 8.24. The van der Waals surface area contributed by atoms with Crippen molar-refractivity contribution in [3.63, 3.8) is 0 Å². The standard InChI is InChI=1S/C25H26N2O7S2/c1-33-22-10-9-19(14-23(22)34-2)36(31,32)27-15-17-7-4-3-6-16(17)12-21(27)24(28)26-20(25(29)30)13-18-8-5-11-35-18/h3-11,14,20-21H,12-13,15H2,1-2H3,(H,26,28)(H,29,30)/t20-,21-/m0/s1. The number of sulfonamides is 1. The number of hydrogen-bond donors (Lipinski definition) is 2. The summed E-state index contributed by atoms with van der Waals surface area (Å²) in [5.41, 5.74) is 1.61. The Hall–Kier alpha value is -3.41. The number of thiophene rings is 1. The van der Waals surface area contributed by atoms with Crippen LogP contribution < -0.4 is 14.8 Å². The van der Waals surface area contributed by atoms with Gasteiger partial charge in [-0.2, -0.15) is 4.31 Å². The van der Waals surface area contributed by atoms with E-state index in [4.69, 9.17) is 9.47 Å². The van der Waals surface area contributed by atoms with Gasteiger partial charge in [-0.05, 0) is 41.1 Å². The number of rotatable bonds is 9. The Morgan fingerprint density at radius 1 is 1.08 bits per heavy atom. The van der Waals surface area contributed by atoms with Crippen LogP contribution in [0.4, 0.5) is 0 Å². The predicted octanol–water partition coefficient (Wildman–Crippen LogP) is 2.69. The first-order valence-electron chi connectivity index (χ1n) is 11.1. The van der Waals surface area contributed by atoms with Gasteiger partial charge in [-0.15, -0.1) is 11.3 Å². The number of carbonyl (C=O) groups excluding carboxylic acids is 1. The average molecular weight is 531 g/mol. The molecule has 2 N–H and O–H groups in total. The fraction of sp³-hybridized carbons (Fsp3) is 0.280. The van der Waals surface area contributed by atoms with Gasteiger partial charge in [0.2, 0.25) is 15.9 Å². The Bertz CT molecular complexity index is 1360. The van der Waals surface area contributed by atoms with Crippen molar-refractivity contribution in [3.8, 4) is 11.5 Å². The van der Waals surface area contributed by atoms with E-state index >= 15 is 0 Å². The maximum absolute atomic E-state index is 13.8. The third-order valence-electron chi connectivity index (χ3n) is 6.07. The normalized spacial score (nSPS) is 16.6. The minimum Gasteiger partial charge on any atom is -0.493 e. The maximum atomic E-state index is 13.8. The smallest absolute Gasteiger partial charge is 0.326 e. The third-order valence-corrected chi connectivity index (χ3v) is 8.82. The number of ether oxygens (including phenoxy) is 2. The average Bonchev–Trinajstić information content (AvgIpc) is 3.40. The van der Waals surface area contributed by atoms with Gasteiger partial charge in [0.05, 0.1) is 19.1 Å². The number of carboxylic acid groups (broad SMARTS) is 1. The number of carbonyl (C=O) groups is 2. The number of hydrogen-bond acceptors (Lipinski definition) is 7. The van der Waals surface area contributed by atoms with Gasteiger partial charge in [0.1, 0.15) is 12.1 Å². The number of aliphatic carboxylic acids is 1. The van der Waals surface area contributed by atoms with Crippen molar-refractivity contribution in [3.05, 3.63) is 76.0 Å². The predicted molar refractivity (Wildman–Crippen MR) is 134 cm³/mol. The topological polar surface area (TPSA) is 122 Å². The molecule has 0 aliphatic carbocycles. The van der Waals surface area contributed by atoms with Crippen molar-refractivity contribution in [1.29, 1.82) is 0 Å². The van der Waals surface area contributed by atoms with E-state index in [-0.39, 0.29) is 30.0 Å². The first-order valence-corrected chi connectivity index (χ1v) is 13.4. The molecule has 2 aromatic carbocycles. The van der Waals surface area contributed by atoms with Crippen LogP contribution in [0.1, 0.15) is 16.0 Å². The molecule has 0 unspecified atom stereocenters. The van der Waals surface area contributed by atoms with Gasteiger partial charge in [0, 0.05) is 23.9 Å². The molecule has 2 atom stereocenters. The molecule has 1 aliphatic heterocycles. The van der Waals surface area contributed by atoms with Crippen molar-refractivity contribution in [2.24, 2.45) is 0 Å². The number of benzene rings is 2. The number of nitrogens with zero attached hydrogens (tertiary/aromatic N) is 1. The molecule has 1 amide bonds. The molecule has 1 aromatic heterocycles. The maximum Gasteiger partial charge on any atom is 0.326 e. The minimum atomic E-state index is -4.17. The minimum absolute atomic E-state index is 0.0341. The SMILES string of the molecule is COc1ccc(S(=O)(=O)N2Cc3ccccc3C[C@H]2C(=O)N[C@@H](Cc2cccs2)C(=O)O)cc1OC. The lowest BCUT2D eigenvalue weighted by Crippen LogP contribution is -2.55. The summed E-state index contributed by atoms with van der Waals surface area (Å²) < 4.78 is 39.2. The lowest BCUT2D eigenvalue weighted by molar-refractivity contribution is -0.142. The van der Waals surface area contributed by atoms with E-state index in [1.165, 1.54) is 43.8 Å². The molecule has 0 fully saturated rings. The molecular formula is C25H26N2O7S2. The highest BCUT2D eigenvalue weighted by Crippen LogP contribution is 2.34. The van der Waals surface area contributed by atoms with E-state index in [9.17, 15) is 23.1 Å². The Kier molecular flexibility index (Phi) is 7.62. The molecule has 3 aromatic rings. The van der Waals surface area contributed by atoms with Gasteiger partial charge in [-0.1, -0.05) is 30.3 Å². The first kappa shape index (κ1) is 25.7. The van der Waals surface area contributed by atoms with Gasteiger partial charge in [0.15, 0.2) is 11.5 Å². The summed E-state index contributed by atoms with van der Waals surface area (Å²) >= 11 is 1.39. The molecule has 11 heteroatoms. The third kappa shape index (κ3) is 5.23. The van der Waals surface area contributed by atoms with Crippen molar-refractivity contribution < 1.29 is 32.6 Å². The van der Waals surface area contributed by atoms with Crippen molar-refractivity contribution >= 4 is 33.2 Å². The van der Waals surface area contributed by atoms with Gasteiger partial charge >= 0.3 is 5.97 Å². The summed E-state index contributed by atoms with van der Waals surface area (Å²) in [6.45, 7) is -0.0341. The number of fused-ring (bicyclic) bond motifs is 1. The Morgan fingerprint density at radius 3 is 2.44 bits per heavy atom. The Morgan fingerprint density at radius 2 is 1.81 bits per heavy atom. The highest BCUT2D eigenvalue weighted by atomic mass is 32.2. The molecule has 9 nitrogen and oxygen atoms in total. The summed E-state index contributed by atoms with van der Waals surface area (Å²) in [5, 5.41) is 14.1. The van der Waals surface area contributed by atoms with Crippen LogP contribution in [0.3, 0.4) is 0 Å². The lowest BCUT2D eigenvalue weighted by atomic mass is 9.95. The molecule has 0 saturated heterocycles. The zero-order chi connectivity index (χ0) is 25.9. The molecule has 0 bridgehead atoms. The fourth-order valence-electron chi connectivity index (χ4n) is 4.19. The van der Waals surface area contributed by atoms with E-state index in [0.29, 0.717) is 5.75 Å². The Labute approximate surface area is 213 Å². The second kappa shape index (κ2) is 10.7. The summed E-state index contributed by atoms with van der Waals surface area (Å²) in [5.74, 6) is -1.26. The summed E-state index contributed by atoms with van der Waals surface area (Å²) in [6.07, 6.45) is 0.213. The van der Waals surface area contributed by atoms with Gasteiger partial charge in [0.25, 0.3) is 0 Å². The molecule has 190 valence electrons. The van der Waals surface area contributed by atoms with Crippen LogP contribution in [-0.2, 0) is 39.0 Å². The van der Waals surface area contributed by atoms with Gasteiger partial charge in [-0.25, -0.2) is 13.2 Å². The highest BCUT2D eigenvalue weighted by molar-refractivity contribution is 7.89. The lowest BCUT2D eigenvalue weighted by Gasteiger charge is -2.35. The number of nitrogens with one attached hydrogen (secondary N) is 1. The van der Waals surface area contributed by atoms with E-state index in [1.807, 2.05) is 29.6 Å². The van der Waals surface area contributed by atoms with Crippen LogP contribution in [0.5, 0.6) is 11.5 Å². The van der Waals surface area contributed by atoms with Crippen LogP contribution in [-0.4, -0.2) is 56.0 Å². The van der Waals surface area contributed by atoms with Gasteiger partial charge < -0.3 is 19.9 Å². The van der Waals surface area contributed by atoms with Crippen LogP contribution >= 0.6 is 11.3 Å². The monoisotopic (exact) mass is 530 g/mol. The largest absolute Gasteiger partial charge is 0.493 e. The number of amides is 1. The van der Waals surface area contributed by atoms with Crippen LogP contribution in [0.15, 0.2) is 64.9 Å². The van der Waals surface area contributed by atoms with Crippen LogP contribution in [0.2, 0.25) is 0 Å². The fourth-order valence-corrected chi connectivity index (χ4v) is 6.52. The van der Waals surface area contributed by atoms with Crippen LogP contribution in [0.25, 0.3) is 0 Å². The molecule has 0 spiro atoms. The molecule has 2 heterocycles.